The molecule has 7 heteroatoms. The van der Waals surface area contributed by atoms with E-state index in [0.717, 1.165) is 0 Å². The summed E-state index contributed by atoms with van der Waals surface area (Å²) in [6.07, 6.45) is 0.106. The highest BCUT2D eigenvalue weighted by molar-refractivity contribution is 6.01. The molecule has 2 aromatic rings. The van der Waals surface area contributed by atoms with Crippen LogP contribution in [0.2, 0.25) is 0 Å². The minimum Gasteiger partial charge on any atom is -0.497 e. The summed E-state index contributed by atoms with van der Waals surface area (Å²) in [4.78, 5) is 26.5. The Morgan fingerprint density at radius 1 is 1.22 bits per heavy atom. The lowest BCUT2D eigenvalue weighted by atomic mass is 10.1. The van der Waals surface area contributed by atoms with Crippen LogP contribution >= 0.6 is 0 Å². The van der Waals surface area contributed by atoms with Gasteiger partial charge >= 0.3 is 0 Å². The van der Waals surface area contributed by atoms with Gasteiger partial charge in [0.05, 0.1) is 25.8 Å². The van der Waals surface area contributed by atoms with Crippen molar-refractivity contribution in [2.24, 2.45) is 5.92 Å². The van der Waals surface area contributed by atoms with Gasteiger partial charge in [-0.05, 0) is 29.8 Å². The Bertz CT molecular complexity index is 856. The largest absolute Gasteiger partial charge is 0.497 e. The molecule has 1 fully saturated rings. The molecule has 0 bridgehead atoms. The Balaban J connectivity index is 1.69. The maximum atomic E-state index is 13.2. The van der Waals surface area contributed by atoms with E-state index in [1.54, 1.807) is 37.4 Å². The summed E-state index contributed by atoms with van der Waals surface area (Å²) in [6.45, 7) is 0.459. The van der Waals surface area contributed by atoms with Crippen LogP contribution in [-0.2, 0) is 16.1 Å². The zero-order valence-electron chi connectivity index (χ0n) is 15.2. The van der Waals surface area contributed by atoms with E-state index >= 15 is 0 Å². The minimum absolute atomic E-state index is 0.106. The molecule has 0 aromatic heterocycles. The fraction of sp³-hybridized carbons (Fsp3) is 0.300. The van der Waals surface area contributed by atoms with Gasteiger partial charge in [-0.1, -0.05) is 12.1 Å². The number of rotatable bonds is 6. The van der Waals surface area contributed by atoms with Crippen molar-refractivity contribution < 1.29 is 23.5 Å². The molecule has 1 aliphatic heterocycles. The van der Waals surface area contributed by atoms with Gasteiger partial charge in [0, 0.05) is 25.6 Å². The molecule has 0 aliphatic carbocycles. The number of benzene rings is 2. The normalized spacial score (nSPS) is 16.3. The minimum atomic E-state index is -0.484. The lowest BCUT2D eigenvalue weighted by Gasteiger charge is -2.20. The summed E-state index contributed by atoms with van der Waals surface area (Å²) in [6, 6.07) is 11.2. The smallest absolute Gasteiger partial charge is 0.227 e. The third-order valence-electron chi connectivity index (χ3n) is 4.53. The number of carbonyl (C=O) groups is 2. The molecule has 27 heavy (non-hydrogen) atoms. The van der Waals surface area contributed by atoms with Gasteiger partial charge in [-0.2, -0.15) is 0 Å². The summed E-state index contributed by atoms with van der Waals surface area (Å²) in [7, 11) is 3.06. The fourth-order valence-corrected chi connectivity index (χ4v) is 3.10. The van der Waals surface area contributed by atoms with Gasteiger partial charge in [-0.25, -0.2) is 4.39 Å². The van der Waals surface area contributed by atoms with Crippen molar-refractivity contribution in [1.29, 1.82) is 0 Å². The van der Waals surface area contributed by atoms with Gasteiger partial charge in [-0.15, -0.1) is 0 Å². The predicted octanol–water partition coefficient (Wildman–Crippen LogP) is 2.51. The van der Waals surface area contributed by atoms with Crippen LogP contribution in [0, 0.1) is 11.7 Å². The molecule has 1 heterocycles. The quantitative estimate of drug-likeness (QED) is 0.846. The van der Waals surface area contributed by atoms with Crippen molar-refractivity contribution in [2.45, 2.75) is 13.0 Å². The van der Waals surface area contributed by atoms with Crippen molar-refractivity contribution in [1.82, 2.24) is 5.32 Å². The van der Waals surface area contributed by atoms with Gasteiger partial charge in [0.15, 0.2) is 0 Å². The van der Waals surface area contributed by atoms with Gasteiger partial charge in [0.2, 0.25) is 11.8 Å². The summed E-state index contributed by atoms with van der Waals surface area (Å²) in [5.74, 6) is -0.108. The molecule has 1 atom stereocenters. The number of methoxy groups -OCH3 is 2. The van der Waals surface area contributed by atoms with E-state index in [4.69, 9.17) is 9.47 Å². The Kier molecular flexibility index (Phi) is 5.59. The second-order valence-corrected chi connectivity index (χ2v) is 6.29. The highest BCUT2D eigenvalue weighted by atomic mass is 19.1. The molecule has 1 N–H and O–H groups in total. The number of anilines is 1. The van der Waals surface area contributed by atoms with Crippen LogP contribution in [0.3, 0.4) is 0 Å². The van der Waals surface area contributed by atoms with E-state index in [0.29, 0.717) is 22.7 Å². The molecule has 2 aromatic carbocycles. The maximum Gasteiger partial charge on any atom is 0.227 e. The summed E-state index contributed by atoms with van der Waals surface area (Å²) in [5.41, 5.74) is 1.24. The first-order valence-corrected chi connectivity index (χ1v) is 8.56. The standard InChI is InChI=1S/C20H21FN2O4/c1-26-16-6-7-18(27-2)17(10-16)23-12-14(9-19(23)24)20(25)22-11-13-4-3-5-15(21)8-13/h3-8,10,14H,9,11-12H2,1-2H3,(H,22,25). The Morgan fingerprint density at radius 3 is 2.74 bits per heavy atom. The molecule has 1 aliphatic rings. The van der Waals surface area contributed by atoms with E-state index in [9.17, 15) is 14.0 Å². The van der Waals surface area contributed by atoms with E-state index in [-0.39, 0.29) is 37.1 Å². The fourth-order valence-electron chi connectivity index (χ4n) is 3.10. The second kappa shape index (κ2) is 8.07. The number of halogens is 1. The maximum absolute atomic E-state index is 13.2. The number of amides is 2. The van der Waals surface area contributed by atoms with Crippen LogP contribution in [0.1, 0.15) is 12.0 Å². The first-order chi connectivity index (χ1) is 13.0. The topological polar surface area (TPSA) is 67.9 Å². The van der Waals surface area contributed by atoms with Crippen molar-refractivity contribution in [3.63, 3.8) is 0 Å². The molecular formula is C20H21FN2O4. The van der Waals surface area contributed by atoms with Gasteiger partial charge < -0.3 is 19.7 Å². The molecule has 0 spiro atoms. The predicted molar refractivity (Wildman–Crippen MR) is 98.3 cm³/mol. The monoisotopic (exact) mass is 372 g/mol. The zero-order valence-corrected chi connectivity index (χ0v) is 15.2. The van der Waals surface area contributed by atoms with E-state index in [1.165, 1.54) is 24.1 Å². The van der Waals surface area contributed by atoms with Crippen LogP contribution in [0.25, 0.3) is 0 Å². The van der Waals surface area contributed by atoms with Gasteiger partial charge in [0.25, 0.3) is 0 Å². The molecule has 1 saturated heterocycles. The van der Waals surface area contributed by atoms with E-state index in [1.807, 2.05) is 0 Å². The van der Waals surface area contributed by atoms with Crippen molar-refractivity contribution in [3.05, 3.63) is 53.8 Å². The third kappa shape index (κ3) is 4.19. The Hall–Kier alpha value is -3.09. The lowest BCUT2D eigenvalue weighted by molar-refractivity contribution is -0.126. The average Bonchev–Trinajstić information content (AvgIpc) is 3.07. The molecule has 1 unspecified atom stereocenters. The molecule has 2 amide bonds. The van der Waals surface area contributed by atoms with E-state index in [2.05, 4.69) is 5.32 Å². The SMILES string of the molecule is COc1ccc(OC)c(N2CC(C(=O)NCc3cccc(F)c3)CC2=O)c1. The molecule has 6 nitrogen and oxygen atoms in total. The van der Waals surface area contributed by atoms with Crippen molar-refractivity contribution in [3.8, 4) is 11.5 Å². The van der Waals surface area contributed by atoms with Crippen molar-refractivity contribution >= 4 is 17.5 Å². The third-order valence-corrected chi connectivity index (χ3v) is 4.53. The highest BCUT2D eigenvalue weighted by Crippen LogP contribution is 2.36. The van der Waals surface area contributed by atoms with Crippen LogP contribution in [0.15, 0.2) is 42.5 Å². The van der Waals surface area contributed by atoms with Crippen LogP contribution in [0.5, 0.6) is 11.5 Å². The molecule has 142 valence electrons. The number of nitrogens with one attached hydrogen (secondary N) is 1. The molecule has 3 rings (SSSR count). The number of carbonyl (C=O) groups excluding carboxylic acids is 2. The van der Waals surface area contributed by atoms with Crippen LogP contribution < -0.4 is 19.7 Å². The second-order valence-electron chi connectivity index (χ2n) is 6.29. The number of ether oxygens (including phenoxy) is 2. The number of hydrogen-bond acceptors (Lipinski definition) is 4. The zero-order chi connectivity index (χ0) is 19.4. The summed E-state index contributed by atoms with van der Waals surface area (Å²) >= 11 is 0. The molecule has 0 saturated carbocycles. The first-order valence-electron chi connectivity index (χ1n) is 8.56. The Morgan fingerprint density at radius 2 is 2.04 bits per heavy atom. The first kappa shape index (κ1) is 18.7. The number of hydrogen-bond donors (Lipinski definition) is 1. The van der Waals surface area contributed by atoms with Crippen LogP contribution in [-0.4, -0.2) is 32.6 Å². The van der Waals surface area contributed by atoms with Crippen LogP contribution in [0.4, 0.5) is 10.1 Å². The summed E-state index contributed by atoms with van der Waals surface area (Å²) < 4.78 is 23.8. The van der Waals surface area contributed by atoms with Gasteiger partial charge in [0.1, 0.15) is 17.3 Å². The van der Waals surface area contributed by atoms with Gasteiger partial charge in [-0.3, -0.25) is 9.59 Å². The molecular weight excluding hydrogens is 351 g/mol. The average molecular weight is 372 g/mol. The van der Waals surface area contributed by atoms with Crippen molar-refractivity contribution in [2.75, 3.05) is 25.7 Å². The molecule has 0 radical (unpaired) electrons. The lowest BCUT2D eigenvalue weighted by Crippen LogP contribution is -2.32. The summed E-state index contributed by atoms with van der Waals surface area (Å²) in [5, 5.41) is 2.77. The van der Waals surface area contributed by atoms with E-state index < -0.39 is 5.92 Å². The Labute approximate surface area is 156 Å². The number of nitrogens with zero attached hydrogens (tertiary/aromatic N) is 1. The highest BCUT2D eigenvalue weighted by Gasteiger charge is 2.36.